The zero-order chi connectivity index (χ0) is 16.9. The molecule has 122 valence electrons. The number of carbonyl (C=O) groups excluding carboxylic acids is 1. The maximum atomic E-state index is 10.8. The van der Waals surface area contributed by atoms with Crippen molar-refractivity contribution in [2.24, 2.45) is 0 Å². The van der Waals surface area contributed by atoms with E-state index in [0.29, 0.717) is 30.4 Å². The maximum absolute atomic E-state index is 10.8. The van der Waals surface area contributed by atoms with Gasteiger partial charge in [-0.25, -0.2) is 4.98 Å². The first-order valence-electron chi connectivity index (χ1n) is 7.75. The van der Waals surface area contributed by atoms with Gasteiger partial charge in [0.25, 0.3) is 0 Å². The van der Waals surface area contributed by atoms with Gasteiger partial charge in [-0.05, 0) is 31.2 Å². The summed E-state index contributed by atoms with van der Waals surface area (Å²) >= 11 is 0. The second-order valence-corrected chi connectivity index (χ2v) is 5.64. The van der Waals surface area contributed by atoms with Crippen molar-refractivity contribution in [1.29, 1.82) is 5.26 Å². The van der Waals surface area contributed by atoms with Gasteiger partial charge in [-0.15, -0.1) is 0 Å². The van der Waals surface area contributed by atoms with E-state index in [-0.39, 0.29) is 0 Å². The van der Waals surface area contributed by atoms with E-state index < -0.39 is 0 Å². The summed E-state index contributed by atoms with van der Waals surface area (Å²) in [7, 11) is 0. The number of hydrogen-bond donors (Lipinski definition) is 1. The van der Waals surface area contributed by atoms with Crippen LogP contribution >= 0.6 is 0 Å². The summed E-state index contributed by atoms with van der Waals surface area (Å²) in [5.41, 5.74) is 2.35. The number of nitriles is 1. The first kappa shape index (κ1) is 15.7. The molecule has 0 atom stereocenters. The average molecular weight is 322 g/mol. The average Bonchev–Trinajstić information content (AvgIpc) is 2.62. The molecule has 1 aromatic carbocycles. The van der Waals surface area contributed by atoms with Gasteiger partial charge in [0.05, 0.1) is 11.6 Å². The number of piperazine rings is 1. The highest BCUT2D eigenvalue weighted by molar-refractivity contribution is 5.59. The van der Waals surface area contributed by atoms with Crippen molar-refractivity contribution < 1.29 is 4.79 Å². The molecule has 0 spiro atoms. The zero-order valence-corrected chi connectivity index (χ0v) is 13.4. The van der Waals surface area contributed by atoms with E-state index in [1.165, 1.54) is 0 Å². The van der Waals surface area contributed by atoms with Gasteiger partial charge >= 0.3 is 0 Å². The predicted molar refractivity (Wildman–Crippen MR) is 91.1 cm³/mol. The fourth-order valence-electron chi connectivity index (χ4n) is 2.56. The van der Waals surface area contributed by atoms with Crippen LogP contribution in [-0.4, -0.2) is 47.5 Å². The number of aryl methyl sites for hydroxylation is 1. The van der Waals surface area contributed by atoms with Gasteiger partial charge in [-0.1, -0.05) is 0 Å². The molecule has 2 heterocycles. The summed E-state index contributed by atoms with van der Waals surface area (Å²) in [4.78, 5) is 23.7. The van der Waals surface area contributed by atoms with Crippen molar-refractivity contribution in [3.63, 3.8) is 0 Å². The molecule has 3 rings (SSSR count). The largest absolute Gasteiger partial charge is 0.342 e. The number of hydrogen-bond acceptors (Lipinski definition) is 6. The molecule has 0 bridgehead atoms. The molecule has 7 heteroatoms. The number of benzene rings is 1. The molecule has 1 N–H and O–H groups in total. The van der Waals surface area contributed by atoms with Gasteiger partial charge in [-0.3, -0.25) is 4.79 Å². The quantitative estimate of drug-likeness (QED) is 0.862. The number of aromatic nitrogens is 2. The number of nitrogens with zero attached hydrogens (tertiary/aromatic N) is 5. The van der Waals surface area contributed by atoms with E-state index in [2.05, 4.69) is 26.3 Å². The number of nitrogens with one attached hydrogen (secondary N) is 1. The van der Waals surface area contributed by atoms with Crippen molar-refractivity contribution >= 4 is 23.9 Å². The fraction of sp³-hybridized carbons (Fsp3) is 0.294. The lowest BCUT2D eigenvalue weighted by Crippen LogP contribution is -2.46. The highest BCUT2D eigenvalue weighted by atomic mass is 16.1. The van der Waals surface area contributed by atoms with Crippen LogP contribution in [0.15, 0.2) is 30.3 Å². The Morgan fingerprint density at radius 2 is 1.88 bits per heavy atom. The second kappa shape index (κ2) is 6.96. The first-order chi connectivity index (χ1) is 11.7. The summed E-state index contributed by atoms with van der Waals surface area (Å²) in [6.07, 6.45) is 0.881. The lowest BCUT2D eigenvalue weighted by molar-refractivity contribution is -0.118. The van der Waals surface area contributed by atoms with Crippen LogP contribution in [0.1, 0.15) is 11.3 Å². The van der Waals surface area contributed by atoms with Crippen LogP contribution in [0.25, 0.3) is 0 Å². The topological polar surface area (TPSA) is 85.2 Å². The van der Waals surface area contributed by atoms with Crippen molar-refractivity contribution in [1.82, 2.24) is 14.9 Å². The van der Waals surface area contributed by atoms with Crippen LogP contribution in [0.2, 0.25) is 0 Å². The van der Waals surface area contributed by atoms with Crippen LogP contribution in [0.3, 0.4) is 0 Å². The summed E-state index contributed by atoms with van der Waals surface area (Å²) < 4.78 is 0. The lowest BCUT2D eigenvalue weighted by atomic mass is 10.2. The van der Waals surface area contributed by atoms with Crippen molar-refractivity contribution in [3.8, 4) is 6.07 Å². The molecule has 1 amide bonds. The Bertz CT molecular complexity index is 760. The lowest BCUT2D eigenvalue weighted by Gasteiger charge is -2.32. The van der Waals surface area contributed by atoms with E-state index in [4.69, 9.17) is 5.26 Å². The molecule has 2 aromatic rings. The number of carbonyl (C=O) groups is 1. The minimum atomic E-state index is 0.619. The highest BCUT2D eigenvalue weighted by Crippen LogP contribution is 2.19. The van der Waals surface area contributed by atoms with E-state index in [9.17, 15) is 4.79 Å². The third kappa shape index (κ3) is 3.60. The fourth-order valence-corrected chi connectivity index (χ4v) is 2.56. The van der Waals surface area contributed by atoms with Crippen molar-refractivity contribution in [2.75, 3.05) is 36.4 Å². The van der Waals surface area contributed by atoms with E-state index >= 15 is 0 Å². The Hall–Kier alpha value is -3.14. The molecule has 1 aliphatic rings. The Kier molecular flexibility index (Phi) is 4.57. The molecule has 7 nitrogen and oxygen atoms in total. The Labute approximate surface area is 140 Å². The van der Waals surface area contributed by atoms with Gasteiger partial charge in [0, 0.05) is 43.6 Å². The third-order valence-electron chi connectivity index (χ3n) is 3.87. The van der Waals surface area contributed by atoms with E-state index in [1.807, 2.05) is 25.1 Å². The van der Waals surface area contributed by atoms with Crippen LogP contribution in [0, 0.1) is 18.3 Å². The smallest absolute Gasteiger partial charge is 0.227 e. The second-order valence-electron chi connectivity index (χ2n) is 5.64. The van der Waals surface area contributed by atoms with E-state index in [0.717, 1.165) is 30.9 Å². The molecule has 1 saturated heterocycles. The molecule has 0 radical (unpaired) electrons. The van der Waals surface area contributed by atoms with Crippen LogP contribution in [0.5, 0.6) is 0 Å². The Morgan fingerprint density at radius 3 is 2.50 bits per heavy atom. The highest BCUT2D eigenvalue weighted by Gasteiger charge is 2.18. The van der Waals surface area contributed by atoms with Gasteiger partial charge < -0.3 is 15.1 Å². The summed E-state index contributed by atoms with van der Waals surface area (Å²) in [6, 6.07) is 11.2. The van der Waals surface area contributed by atoms with Gasteiger partial charge in [0.1, 0.15) is 5.82 Å². The molecule has 1 aromatic heterocycles. The van der Waals surface area contributed by atoms with Crippen LogP contribution < -0.4 is 10.2 Å². The number of anilines is 3. The van der Waals surface area contributed by atoms with Gasteiger partial charge in [-0.2, -0.15) is 10.2 Å². The van der Waals surface area contributed by atoms with Gasteiger partial charge in [0.15, 0.2) is 0 Å². The summed E-state index contributed by atoms with van der Waals surface area (Å²) in [5.74, 6) is 1.37. The van der Waals surface area contributed by atoms with Crippen molar-refractivity contribution in [3.05, 3.63) is 41.6 Å². The minimum absolute atomic E-state index is 0.619. The number of amides is 1. The molecule has 0 aliphatic carbocycles. The predicted octanol–water partition coefficient (Wildman–Crippen LogP) is 1.68. The van der Waals surface area contributed by atoms with Crippen LogP contribution in [0.4, 0.5) is 17.5 Å². The molecule has 24 heavy (non-hydrogen) atoms. The SMILES string of the molecule is Cc1cc(Nc2ccc(C#N)cc2)nc(N2CCN(C=O)CC2)n1. The molecular formula is C17H18N6O. The number of rotatable bonds is 4. The molecule has 0 saturated carbocycles. The monoisotopic (exact) mass is 322 g/mol. The standard InChI is InChI=1S/C17H18N6O/c1-13-10-16(20-15-4-2-14(11-18)3-5-15)21-17(19-13)23-8-6-22(12-24)7-9-23/h2-5,10,12H,6-9H2,1H3,(H,19,20,21). The van der Waals surface area contributed by atoms with Gasteiger partial charge in [0.2, 0.25) is 12.4 Å². The first-order valence-corrected chi connectivity index (χ1v) is 7.75. The third-order valence-corrected chi connectivity index (χ3v) is 3.87. The minimum Gasteiger partial charge on any atom is -0.342 e. The normalized spacial score (nSPS) is 14.2. The maximum Gasteiger partial charge on any atom is 0.227 e. The Morgan fingerprint density at radius 1 is 1.17 bits per heavy atom. The molecule has 0 unspecified atom stereocenters. The Balaban J connectivity index is 1.76. The summed E-state index contributed by atoms with van der Waals surface area (Å²) in [6.45, 7) is 4.73. The molecular weight excluding hydrogens is 304 g/mol. The van der Waals surface area contributed by atoms with Crippen molar-refractivity contribution in [2.45, 2.75) is 6.92 Å². The summed E-state index contributed by atoms with van der Waals surface area (Å²) in [5, 5.41) is 12.1. The molecule has 1 fully saturated rings. The van der Waals surface area contributed by atoms with Crippen LogP contribution in [-0.2, 0) is 4.79 Å². The van der Waals surface area contributed by atoms with E-state index in [1.54, 1.807) is 17.0 Å². The molecule has 1 aliphatic heterocycles. The zero-order valence-electron chi connectivity index (χ0n) is 13.4.